The number of hydrogen-bond donors (Lipinski definition) is 1. The van der Waals surface area contributed by atoms with Crippen molar-refractivity contribution < 1.29 is 10.1 Å². The zero-order valence-corrected chi connectivity index (χ0v) is 12.8. The molecule has 0 aromatic heterocycles. The Kier molecular flexibility index (Phi) is 3.37. The van der Waals surface area contributed by atoms with Crippen LogP contribution in [0.5, 0.6) is 0 Å². The molecule has 0 atom stereocenters. The van der Waals surface area contributed by atoms with Crippen LogP contribution in [0.1, 0.15) is 44.1 Å². The van der Waals surface area contributed by atoms with Gasteiger partial charge in [-0.25, -0.2) is 0 Å². The number of hydrogen-bond acceptors (Lipinski definition) is 1. The summed E-state index contributed by atoms with van der Waals surface area (Å²) in [6.45, 7) is 1.61. The quantitative estimate of drug-likeness (QED) is 0.885. The topological polar surface area (TPSA) is 33.7 Å². The van der Waals surface area contributed by atoms with E-state index >= 15 is 0 Å². The Bertz CT molecular complexity index is 486. The lowest BCUT2D eigenvalue weighted by molar-refractivity contribution is -0.660. The molecule has 2 N–H and O–H groups in total. The number of benzene rings is 1. The first-order chi connectivity index (χ1) is 10.2. The molecule has 0 aliphatic heterocycles. The molecule has 0 amide bonds. The van der Waals surface area contributed by atoms with E-state index in [1.165, 1.54) is 44.1 Å². The lowest BCUT2D eigenvalue weighted by Crippen LogP contribution is -2.85. The van der Waals surface area contributed by atoms with Crippen molar-refractivity contribution in [3.05, 3.63) is 35.9 Å². The Labute approximate surface area is 127 Å². The Morgan fingerprint density at radius 2 is 1.57 bits per heavy atom. The summed E-state index contributed by atoms with van der Waals surface area (Å²) < 4.78 is 0. The third kappa shape index (κ3) is 2.55. The third-order valence-corrected chi connectivity index (χ3v) is 6.18. The highest BCUT2D eigenvalue weighted by atomic mass is 16.1. The van der Waals surface area contributed by atoms with E-state index in [9.17, 15) is 4.79 Å². The van der Waals surface area contributed by atoms with Crippen molar-refractivity contribution in [3.63, 3.8) is 0 Å². The van der Waals surface area contributed by atoms with E-state index in [2.05, 4.69) is 29.6 Å². The molecule has 4 saturated carbocycles. The zero-order valence-electron chi connectivity index (χ0n) is 12.8. The number of rotatable bonds is 5. The van der Waals surface area contributed by atoms with Gasteiger partial charge in [0.15, 0.2) is 5.78 Å². The molecule has 21 heavy (non-hydrogen) atoms. The van der Waals surface area contributed by atoms with E-state index in [0.29, 0.717) is 12.3 Å². The first-order valence-electron chi connectivity index (χ1n) is 8.62. The maximum Gasteiger partial charge on any atom is 0.192 e. The molecule has 0 radical (unpaired) electrons. The van der Waals surface area contributed by atoms with Gasteiger partial charge < -0.3 is 5.32 Å². The molecular formula is C19H26NO+. The summed E-state index contributed by atoms with van der Waals surface area (Å²) in [6, 6.07) is 10.5. The molecule has 5 rings (SSSR count). The van der Waals surface area contributed by atoms with E-state index in [-0.39, 0.29) is 5.41 Å². The van der Waals surface area contributed by atoms with Crippen LogP contribution in [-0.2, 0) is 11.3 Å². The number of carbonyl (C=O) groups excluding carboxylic acids is 1. The van der Waals surface area contributed by atoms with Crippen molar-refractivity contribution in [2.75, 3.05) is 6.54 Å². The zero-order chi connectivity index (χ0) is 14.3. The van der Waals surface area contributed by atoms with Gasteiger partial charge in [0.1, 0.15) is 13.1 Å². The summed E-state index contributed by atoms with van der Waals surface area (Å²) in [7, 11) is 0. The van der Waals surface area contributed by atoms with Crippen molar-refractivity contribution in [1.82, 2.24) is 0 Å². The number of nitrogens with two attached hydrogens (primary N) is 1. The predicted octanol–water partition coefficient (Wildman–Crippen LogP) is 2.54. The number of quaternary nitrogens is 1. The second-order valence-corrected chi connectivity index (χ2v) is 7.80. The Hall–Kier alpha value is -1.15. The van der Waals surface area contributed by atoms with Crippen LogP contribution in [-0.4, -0.2) is 12.3 Å². The molecule has 1 aromatic rings. The second-order valence-electron chi connectivity index (χ2n) is 7.80. The van der Waals surface area contributed by atoms with Gasteiger partial charge in [0.25, 0.3) is 0 Å². The summed E-state index contributed by atoms with van der Waals surface area (Å²) >= 11 is 0. The molecule has 112 valence electrons. The van der Waals surface area contributed by atoms with Gasteiger partial charge in [0.05, 0.1) is 0 Å². The lowest BCUT2D eigenvalue weighted by Gasteiger charge is -2.55. The van der Waals surface area contributed by atoms with E-state index in [0.717, 1.165) is 24.3 Å². The Balaban J connectivity index is 1.37. The average molecular weight is 284 g/mol. The molecule has 4 fully saturated rings. The Morgan fingerprint density at radius 3 is 2.14 bits per heavy atom. The van der Waals surface area contributed by atoms with Crippen LogP contribution in [0.4, 0.5) is 0 Å². The van der Waals surface area contributed by atoms with E-state index in [1.807, 2.05) is 6.07 Å². The Morgan fingerprint density at radius 1 is 1.00 bits per heavy atom. The molecule has 2 heteroatoms. The van der Waals surface area contributed by atoms with E-state index in [1.54, 1.807) is 0 Å². The summed E-state index contributed by atoms with van der Waals surface area (Å²) in [6.07, 6.45) is 7.87. The van der Waals surface area contributed by atoms with Crippen LogP contribution in [0.25, 0.3) is 0 Å². The molecule has 4 bridgehead atoms. The predicted molar refractivity (Wildman–Crippen MR) is 82.6 cm³/mol. The van der Waals surface area contributed by atoms with E-state index < -0.39 is 0 Å². The molecule has 4 aliphatic carbocycles. The third-order valence-electron chi connectivity index (χ3n) is 6.18. The van der Waals surface area contributed by atoms with Gasteiger partial charge >= 0.3 is 0 Å². The monoisotopic (exact) mass is 284 g/mol. The fourth-order valence-electron chi connectivity index (χ4n) is 5.65. The molecular weight excluding hydrogens is 258 g/mol. The van der Waals surface area contributed by atoms with Crippen molar-refractivity contribution in [2.45, 2.75) is 45.1 Å². The summed E-state index contributed by atoms with van der Waals surface area (Å²) in [5.41, 5.74) is 1.40. The van der Waals surface area contributed by atoms with Gasteiger partial charge in [0, 0.05) is 11.0 Å². The van der Waals surface area contributed by atoms with Crippen LogP contribution in [0.15, 0.2) is 30.3 Å². The maximum absolute atomic E-state index is 12.9. The van der Waals surface area contributed by atoms with Crippen molar-refractivity contribution in [2.24, 2.45) is 23.2 Å². The molecule has 0 heterocycles. The molecule has 0 unspecified atom stereocenters. The molecule has 4 aliphatic rings. The minimum atomic E-state index is 0.0853. The standard InChI is InChI=1S/C19H25NO/c21-18(13-20-12-14-4-2-1-3-5-14)19-9-15-6-16(10-19)8-17(7-15)11-19/h1-5,15-17,20H,6-13H2/p+1. The first-order valence-corrected chi connectivity index (χ1v) is 8.62. The summed E-state index contributed by atoms with van der Waals surface area (Å²) in [5, 5.41) is 2.20. The molecule has 1 aromatic carbocycles. The highest BCUT2D eigenvalue weighted by Gasteiger charge is 2.54. The minimum absolute atomic E-state index is 0.0853. The van der Waals surface area contributed by atoms with Crippen LogP contribution in [0.3, 0.4) is 0 Å². The number of carbonyl (C=O) groups is 1. The largest absolute Gasteiger partial charge is 0.336 e. The minimum Gasteiger partial charge on any atom is -0.336 e. The van der Waals surface area contributed by atoms with Gasteiger partial charge in [0.2, 0.25) is 0 Å². The molecule has 0 saturated heterocycles. The molecule has 0 spiro atoms. The van der Waals surface area contributed by atoms with Gasteiger partial charge in [-0.1, -0.05) is 30.3 Å². The van der Waals surface area contributed by atoms with Crippen molar-refractivity contribution >= 4 is 5.78 Å². The van der Waals surface area contributed by atoms with Gasteiger partial charge in [-0.2, -0.15) is 0 Å². The summed E-state index contributed by atoms with van der Waals surface area (Å²) in [5.74, 6) is 3.16. The smallest absolute Gasteiger partial charge is 0.192 e. The van der Waals surface area contributed by atoms with Crippen LogP contribution in [0, 0.1) is 23.2 Å². The first kappa shape index (κ1) is 13.5. The maximum atomic E-state index is 12.9. The van der Waals surface area contributed by atoms with Gasteiger partial charge in [-0.3, -0.25) is 4.79 Å². The fourth-order valence-corrected chi connectivity index (χ4v) is 5.65. The SMILES string of the molecule is O=C(C[NH2+]Cc1ccccc1)C12CC3CC(CC(C3)C1)C2. The average Bonchev–Trinajstić information content (AvgIpc) is 2.47. The second kappa shape index (κ2) is 5.24. The van der Waals surface area contributed by atoms with Gasteiger partial charge in [-0.05, 0) is 56.3 Å². The van der Waals surface area contributed by atoms with E-state index in [4.69, 9.17) is 0 Å². The number of ketones is 1. The van der Waals surface area contributed by atoms with Crippen LogP contribution < -0.4 is 5.32 Å². The number of Topliss-reactive ketones (excluding diaryl/α,β-unsaturated/α-hetero) is 1. The summed E-state index contributed by atoms with van der Waals surface area (Å²) in [4.78, 5) is 12.9. The van der Waals surface area contributed by atoms with Crippen LogP contribution in [0.2, 0.25) is 0 Å². The lowest BCUT2D eigenvalue weighted by atomic mass is 9.48. The van der Waals surface area contributed by atoms with Crippen molar-refractivity contribution in [1.29, 1.82) is 0 Å². The van der Waals surface area contributed by atoms with Crippen LogP contribution >= 0.6 is 0 Å². The fraction of sp³-hybridized carbons (Fsp3) is 0.632. The highest BCUT2D eigenvalue weighted by Crippen LogP contribution is 2.60. The van der Waals surface area contributed by atoms with Gasteiger partial charge in [-0.15, -0.1) is 0 Å². The highest BCUT2D eigenvalue weighted by molar-refractivity contribution is 5.86. The molecule has 2 nitrogen and oxygen atoms in total. The van der Waals surface area contributed by atoms with Crippen molar-refractivity contribution in [3.8, 4) is 0 Å². The normalized spacial score (nSPS) is 36.9.